The molecule has 2 amide bonds. The molecule has 5 heteroatoms. The van der Waals surface area contributed by atoms with E-state index in [0.29, 0.717) is 17.7 Å². The molecule has 110 valence electrons. The van der Waals surface area contributed by atoms with E-state index in [2.05, 4.69) is 10.6 Å². The van der Waals surface area contributed by atoms with E-state index >= 15 is 0 Å². The lowest BCUT2D eigenvalue weighted by Crippen LogP contribution is -2.48. The van der Waals surface area contributed by atoms with Crippen LogP contribution >= 0.6 is 0 Å². The van der Waals surface area contributed by atoms with Crippen LogP contribution < -0.4 is 16.4 Å². The fourth-order valence-electron chi connectivity index (χ4n) is 1.99. The van der Waals surface area contributed by atoms with E-state index in [4.69, 9.17) is 5.73 Å². The summed E-state index contributed by atoms with van der Waals surface area (Å²) in [6, 6.07) is 5.14. The molecule has 0 aliphatic heterocycles. The van der Waals surface area contributed by atoms with E-state index in [1.807, 2.05) is 13.8 Å². The molecule has 1 rings (SSSR count). The molecule has 5 nitrogen and oxygen atoms in total. The molecule has 1 atom stereocenters. The molecular formula is C15H23N3O2. The number of aryl methyl sites for hydroxylation is 1. The fraction of sp³-hybridized carbons (Fsp3) is 0.467. The monoisotopic (exact) mass is 277 g/mol. The number of hydrogen-bond donors (Lipinski definition) is 3. The van der Waals surface area contributed by atoms with Gasteiger partial charge in [-0.2, -0.15) is 0 Å². The first-order chi connectivity index (χ1) is 9.31. The minimum absolute atomic E-state index is 0.152. The number of anilines is 1. The molecule has 0 aliphatic carbocycles. The second-order valence-corrected chi connectivity index (χ2v) is 5.23. The van der Waals surface area contributed by atoms with E-state index in [-0.39, 0.29) is 11.8 Å². The largest absolute Gasteiger partial charge is 0.355 e. The zero-order chi connectivity index (χ0) is 15.3. The number of amides is 2. The second kappa shape index (κ2) is 6.52. The quantitative estimate of drug-likeness (QED) is 0.767. The maximum atomic E-state index is 12.1. The number of rotatable bonds is 5. The highest BCUT2D eigenvalue weighted by molar-refractivity contribution is 5.99. The van der Waals surface area contributed by atoms with Gasteiger partial charge in [0.2, 0.25) is 5.91 Å². The molecular weight excluding hydrogens is 254 g/mol. The summed E-state index contributed by atoms with van der Waals surface area (Å²) in [6.07, 6.45) is 1.46. The van der Waals surface area contributed by atoms with Crippen molar-refractivity contribution in [3.05, 3.63) is 29.3 Å². The van der Waals surface area contributed by atoms with Gasteiger partial charge in [-0.15, -0.1) is 0 Å². The molecule has 0 bridgehead atoms. The Balaban J connectivity index is 2.89. The molecule has 0 saturated carbocycles. The van der Waals surface area contributed by atoms with Gasteiger partial charge in [-0.25, -0.2) is 0 Å². The third-order valence-corrected chi connectivity index (χ3v) is 3.25. The summed E-state index contributed by atoms with van der Waals surface area (Å²) in [5, 5.41) is 5.39. The summed E-state index contributed by atoms with van der Waals surface area (Å²) < 4.78 is 0. The molecule has 0 heterocycles. The Bertz CT molecular complexity index is 510. The third-order valence-electron chi connectivity index (χ3n) is 3.25. The molecule has 0 spiro atoms. The Morgan fingerprint density at radius 3 is 2.50 bits per heavy atom. The highest BCUT2D eigenvalue weighted by atomic mass is 16.2. The van der Waals surface area contributed by atoms with E-state index in [9.17, 15) is 9.59 Å². The lowest BCUT2D eigenvalue weighted by Gasteiger charge is -2.23. The van der Waals surface area contributed by atoms with Crippen LogP contribution in [0.4, 0.5) is 5.69 Å². The Hall–Kier alpha value is -1.88. The third kappa shape index (κ3) is 3.81. The van der Waals surface area contributed by atoms with Gasteiger partial charge in [0.25, 0.3) is 5.91 Å². The average molecular weight is 277 g/mol. The maximum Gasteiger partial charge on any atom is 0.251 e. The number of nitrogens with one attached hydrogen (secondary N) is 2. The van der Waals surface area contributed by atoms with Crippen LogP contribution in [0.1, 0.15) is 42.6 Å². The normalized spacial score (nSPS) is 13.4. The van der Waals surface area contributed by atoms with Gasteiger partial charge in [-0.3, -0.25) is 9.59 Å². The van der Waals surface area contributed by atoms with Crippen molar-refractivity contribution in [3.63, 3.8) is 0 Å². The Morgan fingerprint density at radius 1 is 1.35 bits per heavy atom. The van der Waals surface area contributed by atoms with Gasteiger partial charge in [0.1, 0.15) is 0 Å². The van der Waals surface area contributed by atoms with Crippen molar-refractivity contribution in [1.82, 2.24) is 5.32 Å². The van der Waals surface area contributed by atoms with Gasteiger partial charge in [0, 0.05) is 18.3 Å². The summed E-state index contributed by atoms with van der Waals surface area (Å²) in [5.41, 5.74) is 7.17. The molecule has 1 unspecified atom stereocenters. The van der Waals surface area contributed by atoms with E-state index in [1.54, 1.807) is 32.2 Å². The lowest BCUT2D eigenvalue weighted by molar-refractivity contribution is -0.120. The number of hydrogen-bond acceptors (Lipinski definition) is 3. The summed E-state index contributed by atoms with van der Waals surface area (Å²) in [7, 11) is 1.58. The van der Waals surface area contributed by atoms with Crippen molar-refractivity contribution < 1.29 is 9.59 Å². The number of carbonyl (C=O) groups is 2. The molecule has 0 aromatic heterocycles. The Kier molecular flexibility index (Phi) is 5.27. The molecule has 0 aliphatic rings. The van der Waals surface area contributed by atoms with Gasteiger partial charge in [-0.1, -0.05) is 13.3 Å². The lowest BCUT2D eigenvalue weighted by atomic mass is 9.96. The van der Waals surface area contributed by atoms with Crippen LogP contribution in [0.2, 0.25) is 0 Å². The topological polar surface area (TPSA) is 84.2 Å². The smallest absolute Gasteiger partial charge is 0.251 e. The predicted octanol–water partition coefficient (Wildman–Crippen LogP) is 1.81. The van der Waals surface area contributed by atoms with Crippen LogP contribution in [0.3, 0.4) is 0 Å². The van der Waals surface area contributed by atoms with Crippen LogP contribution in [0, 0.1) is 6.92 Å². The van der Waals surface area contributed by atoms with Crippen LogP contribution in [0.15, 0.2) is 18.2 Å². The molecule has 1 aromatic carbocycles. The minimum atomic E-state index is -0.888. The Labute approximate surface area is 119 Å². The zero-order valence-corrected chi connectivity index (χ0v) is 12.5. The first-order valence-electron chi connectivity index (χ1n) is 6.75. The zero-order valence-electron chi connectivity index (χ0n) is 12.5. The van der Waals surface area contributed by atoms with Crippen molar-refractivity contribution >= 4 is 17.5 Å². The maximum absolute atomic E-state index is 12.1. The highest BCUT2D eigenvalue weighted by Gasteiger charge is 2.27. The van der Waals surface area contributed by atoms with Crippen LogP contribution in [-0.2, 0) is 4.79 Å². The van der Waals surface area contributed by atoms with E-state index < -0.39 is 5.54 Å². The first-order valence-corrected chi connectivity index (χ1v) is 6.75. The average Bonchev–Trinajstić information content (AvgIpc) is 2.39. The van der Waals surface area contributed by atoms with Gasteiger partial charge < -0.3 is 16.4 Å². The van der Waals surface area contributed by atoms with Crippen LogP contribution in [0.5, 0.6) is 0 Å². The standard InChI is InChI=1S/C15H23N3O2/c1-5-8-15(3,16)14(20)18-12-7-6-11(9-10(12)2)13(19)17-4/h6-7,9H,5,8,16H2,1-4H3,(H,17,19)(H,18,20). The SMILES string of the molecule is CCCC(C)(N)C(=O)Nc1ccc(C(=O)NC)cc1C. The summed E-state index contributed by atoms with van der Waals surface area (Å²) >= 11 is 0. The van der Waals surface area contributed by atoms with Gasteiger partial charge >= 0.3 is 0 Å². The summed E-state index contributed by atoms with van der Waals surface area (Å²) in [6.45, 7) is 5.55. The van der Waals surface area contributed by atoms with Crippen molar-refractivity contribution in [1.29, 1.82) is 0 Å². The van der Waals surface area contributed by atoms with Crippen molar-refractivity contribution in [2.45, 2.75) is 39.2 Å². The summed E-state index contributed by atoms with van der Waals surface area (Å²) in [4.78, 5) is 23.7. The number of benzene rings is 1. The predicted molar refractivity (Wildman–Crippen MR) is 80.7 cm³/mol. The Morgan fingerprint density at radius 2 is 2.00 bits per heavy atom. The van der Waals surface area contributed by atoms with Gasteiger partial charge in [0.15, 0.2) is 0 Å². The molecule has 4 N–H and O–H groups in total. The van der Waals surface area contributed by atoms with Crippen molar-refractivity contribution in [3.8, 4) is 0 Å². The molecule has 0 fully saturated rings. The number of carbonyl (C=O) groups excluding carboxylic acids is 2. The van der Waals surface area contributed by atoms with Gasteiger partial charge in [-0.05, 0) is 44.0 Å². The second-order valence-electron chi connectivity index (χ2n) is 5.23. The highest BCUT2D eigenvalue weighted by Crippen LogP contribution is 2.19. The van der Waals surface area contributed by atoms with E-state index in [0.717, 1.165) is 12.0 Å². The van der Waals surface area contributed by atoms with Crippen LogP contribution in [0.25, 0.3) is 0 Å². The van der Waals surface area contributed by atoms with Crippen LogP contribution in [-0.4, -0.2) is 24.4 Å². The van der Waals surface area contributed by atoms with Gasteiger partial charge in [0.05, 0.1) is 5.54 Å². The number of nitrogens with two attached hydrogens (primary N) is 1. The molecule has 1 aromatic rings. The fourth-order valence-corrected chi connectivity index (χ4v) is 1.99. The molecule has 20 heavy (non-hydrogen) atoms. The minimum Gasteiger partial charge on any atom is -0.355 e. The van der Waals surface area contributed by atoms with Crippen molar-refractivity contribution in [2.75, 3.05) is 12.4 Å². The molecule has 0 radical (unpaired) electrons. The summed E-state index contributed by atoms with van der Waals surface area (Å²) in [5.74, 6) is -0.365. The van der Waals surface area contributed by atoms with E-state index in [1.165, 1.54) is 0 Å². The van der Waals surface area contributed by atoms with Crippen molar-refractivity contribution in [2.24, 2.45) is 5.73 Å². The first kappa shape index (κ1) is 16.2. The molecule has 0 saturated heterocycles.